The Morgan fingerprint density at radius 3 is 2.61 bits per heavy atom. The lowest BCUT2D eigenvalue weighted by Crippen LogP contribution is -2.40. The normalized spacial score (nSPS) is 14.3. The van der Waals surface area contributed by atoms with Crippen molar-refractivity contribution in [2.75, 3.05) is 7.11 Å². The first-order valence-corrected chi connectivity index (χ1v) is 5.53. The summed E-state index contributed by atoms with van der Waals surface area (Å²) >= 11 is 0. The van der Waals surface area contributed by atoms with Gasteiger partial charge in [-0.1, -0.05) is 0 Å². The maximum absolute atomic E-state index is 11.6. The van der Waals surface area contributed by atoms with Gasteiger partial charge in [-0.05, 0) is 20.8 Å². The van der Waals surface area contributed by atoms with Gasteiger partial charge in [-0.3, -0.25) is 9.59 Å². The number of aliphatic carboxylic acids is 1. The summed E-state index contributed by atoms with van der Waals surface area (Å²) in [5.41, 5.74) is -1.66. The summed E-state index contributed by atoms with van der Waals surface area (Å²) in [5.74, 6) is -1.60. The van der Waals surface area contributed by atoms with Crippen molar-refractivity contribution in [1.82, 2.24) is 14.8 Å². The quantitative estimate of drug-likeness (QED) is 0.613. The van der Waals surface area contributed by atoms with Crippen LogP contribution in [-0.2, 0) is 20.7 Å². The number of hydrogen-bond acceptors (Lipinski definition) is 5. The third-order valence-electron chi connectivity index (χ3n) is 2.76. The van der Waals surface area contributed by atoms with Gasteiger partial charge >= 0.3 is 11.9 Å². The molecule has 0 bridgehead atoms. The van der Waals surface area contributed by atoms with E-state index < -0.39 is 17.4 Å². The minimum Gasteiger partial charge on any atom is -0.480 e. The summed E-state index contributed by atoms with van der Waals surface area (Å²) in [4.78, 5) is 26.9. The Hall–Kier alpha value is -1.92. The Labute approximate surface area is 105 Å². The number of carbonyl (C=O) groups excluding carboxylic acids is 1. The average Bonchev–Trinajstić information content (AvgIpc) is 2.75. The van der Waals surface area contributed by atoms with Crippen molar-refractivity contribution < 1.29 is 19.4 Å². The first kappa shape index (κ1) is 14.1. The molecular weight excluding hydrogens is 238 g/mol. The minimum absolute atomic E-state index is 0.0400. The predicted octanol–water partition coefficient (Wildman–Crippen LogP) is 0.665. The molecule has 0 spiro atoms. The number of methoxy groups -OCH3 is 1. The molecule has 1 aromatic rings. The number of esters is 1. The molecule has 7 heteroatoms. The van der Waals surface area contributed by atoms with Gasteiger partial charge in [0.15, 0.2) is 5.41 Å². The van der Waals surface area contributed by atoms with E-state index in [1.54, 1.807) is 4.68 Å². The number of carboxylic acid groups (broad SMARTS) is 1. The molecule has 0 aliphatic carbocycles. The molecule has 0 amide bonds. The Morgan fingerprint density at radius 2 is 2.17 bits per heavy atom. The van der Waals surface area contributed by atoms with Crippen molar-refractivity contribution in [3.8, 4) is 0 Å². The second-order valence-corrected chi connectivity index (χ2v) is 4.52. The fraction of sp³-hybridized carbons (Fsp3) is 0.636. The standard InChI is InChI=1S/C11H17N3O4/c1-7(2)14-8(12-6-13-14)5-11(3,9(15)16)10(17)18-4/h6-7H,5H2,1-4H3,(H,15,16). The van der Waals surface area contributed by atoms with Crippen molar-refractivity contribution in [2.45, 2.75) is 33.2 Å². The molecule has 18 heavy (non-hydrogen) atoms. The molecule has 0 aromatic carbocycles. The van der Waals surface area contributed by atoms with E-state index in [-0.39, 0.29) is 12.5 Å². The summed E-state index contributed by atoms with van der Waals surface area (Å²) < 4.78 is 6.14. The van der Waals surface area contributed by atoms with E-state index in [4.69, 9.17) is 0 Å². The van der Waals surface area contributed by atoms with Crippen LogP contribution < -0.4 is 0 Å². The summed E-state index contributed by atoms with van der Waals surface area (Å²) in [5, 5.41) is 13.2. The first-order valence-electron chi connectivity index (χ1n) is 5.53. The van der Waals surface area contributed by atoms with E-state index >= 15 is 0 Å². The average molecular weight is 255 g/mol. The van der Waals surface area contributed by atoms with Crippen molar-refractivity contribution in [3.63, 3.8) is 0 Å². The SMILES string of the molecule is COC(=O)C(C)(Cc1ncnn1C(C)C)C(=O)O. The van der Waals surface area contributed by atoms with Crippen LogP contribution >= 0.6 is 0 Å². The molecule has 0 aliphatic heterocycles. The van der Waals surface area contributed by atoms with Gasteiger partial charge < -0.3 is 9.84 Å². The van der Waals surface area contributed by atoms with Gasteiger partial charge in [-0.15, -0.1) is 0 Å². The molecule has 0 aliphatic rings. The molecule has 0 radical (unpaired) electrons. The van der Waals surface area contributed by atoms with Gasteiger partial charge in [0.05, 0.1) is 7.11 Å². The monoisotopic (exact) mass is 255 g/mol. The summed E-state index contributed by atoms with van der Waals surface area (Å²) in [6.45, 7) is 5.11. The molecule has 100 valence electrons. The zero-order chi connectivity index (χ0) is 13.9. The topological polar surface area (TPSA) is 94.3 Å². The number of carbonyl (C=O) groups is 2. The molecule has 1 atom stereocenters. The van der Waals surface area contributed by atoms with Gasteiger partial charge in [-0.25, -0.2) is 9.67 Å². The van der Waals surface area contributed by atoms with Crippen LogP contribution in [0, 0.1) is 5.41 Å². The van der Waals surface area contributed by atoms with Gasteiger partial charge in [0.1, 0.15) is 12.2 Å². The van der Waals surface area contributed by atoms with E-state index in [9.17, 15) is 14.7 Å². The van der Waals surface area contributed by atoms with Crippen LogP contribution in [0.1, 0.15) is 32.6 Å². The molecule has 1 rings (SSSR count). The largest absolute Gasteiger partial charge is 0.480 e. The van der Waals surface area contributed by atoms with Crippen molar-refractivity contribution in [2.24, 2.45) is 5.41 Å². The zero-order valence-corrected chi connectivity index (χ0v) is 10.9. The molecule has 0 fully saturated rings. The predicted molar refractivity (Wildman–Crippen MR) is 61.9 cm³/mol. The zero-order valence-electron chi connectivity index (χ0n) is 10.9. The maximum atomic E-state index is 11.6. The molecule has 1 aromatic heterocycles. The number of aromatic nitrogens is 3. The Bertz CT molecular complexity index is 455. The van der Waals surface area contributed by atoms with Gasteiger partial charge in [0, 0.05) is 12.5 Å². The van der Waals surface area contributed by atoms with E-state index in [2.05, 4.69) is 14.8 Å². The lowest BCUT2D eigenvalue weighted by molar-refractivity contribution is -0.165. The van der Waals surface area contributed by atoms with Crippen LogP contribution in [0.5, 0.6) is 0 Å². The van der Waals surface area contributed by atoms with E-state index in [1.807, 2.05) is 13.8 Å². The number of rotatable bonds is 5. The van der Waals surface area contributed by atoms with Crippen molar-refractivity contribution in [3.05, 3.63) is 12.2 Å². The van der Waals surface area contributed by atoms with Crippen LogP contribution in [0.2, 0.25) is 0 Å². The van der Waals surface area contributed by atoms with Crippen LogP contribution in [-0.4, -0.2) is 38.9 Å². The van der Waals surface area contributed by atoms with Crippen molar-refractivity contribution in [1.29, 1.82) is 0 Å². The summed E-state index contributed by atoms with van der Waals surface area (Å²) in [6, 6.07) is 0.0400. The number of nitrogens with zero attached hydrogens (tertiary/aromatic N) is 3. The highest BCUT2D eigenvalue weighted by atomic mass is 16.5. The molecule has 7 nitrogen and oxygen atoms in total. The highest BCUT2D eigenvalue weighted by Gasteiger charge is 2.44. The second-order valence-electron chi connectivity index (χ2n) is 4.52. The third-order valence-corrected chi connectivity index (χ3v) is 2.76. The first-order chi connectivity index (χ1) is 8.32. The maximum Gasteiger partial charge on any atom is 0.323 e. The number of carboxylic acids is 1. The molecule has 0 saturated heterocycles. The van der Waals surface area contributed by atoms with Gasteiger partial charge in [0.2, 0.25) is 0 Å². The van der Waals surface area contributed by atoms with Crippen molar-refractivity contribution >= 4 is 11.9 Å². The smallest absolute Gasteiger partial charge is 0.323 e. The summed E-state index contributed by atoms with van der Waals surface area (Å²) in [6.07, 6.45) is 1.28. The van der Waals surface area contributed by atoms with E-state index in [1.165, 1.54) is 13.3 Å². The summed E-state index contributed by atoms with van der Waals surface area (Å²) in [7, 11) is 1.16. The van der Waals surface area contributed by atoms with Crippen LogP contribution in [0.3, 0.4) is 0 Å². The van der Waals surface area contributed by atoms with Gasteiger partial charge in [0.25, 0.3) is 0 Å². The fourth-order valence-corrected chi connectivity index (χ4v) is 1.61. The molecule has 1 unspecified atom stereocenters. The number of ether oxygens (including phenoxy) is 1. The highest BCUT2D eigenvalue weighted by molar-refractivity contribution is 5.98. The highest BCUT2D eigenvalue weighted by Crippen LogP contribution is 2.24. The Balaban J connectivity index is 3.08. The number of hydrogen-bond donors (Lipinski definition) is 1. The second kappa shape index (κ2) is 5.16. The fourth-order valence-electron chi connectivity index (χ4n) is 1.61. The third kappa shape index (κ3) is 2.49. The van der Waals surface area contributed by atoms with E-state index in [0.717, 1.165) is 7.11 Å². The van der Waals surface area contributed by atoms with E-state index in [0.29, 0.717) is 5.82 Å². The molecular formula is C11H17N3O4. The lowest BCUT2D eigenvalue weighted by atomic mass is 9.86. The molecule has 1 N–H and O–H groups in total. The molecule has 1 heterocycles. The lowest BCUT2D eigenvalue weighted by Gasteiger charge is -2.21. The molecule has 0 saturated carbocycles. The van der Waals surface area contributed by atoms with Gasteiger partial charge in [-0.2, -0.15) is 5.10 Å². The Morgan fingerprint density at radius 1 is 1.56 bits per heavy atom. The van der Waals surface area contributed by atoms with Crippen LogP contribution in [0.15, 0.2) is 6.33 Å². The Kier molecular flexibility index (Phi) is 4.05. The minimum atomic E-state index is -1.66. The van der Waals surface area contributed by atoms with Crippen LogP contribution in [0.25, 0.3) is 0 Å². The van der Waals surface area contributed by atoms with Crippen LogP contribution in [0.4, 0.5) is 0 Å².